The molecule has 0 aromatic carbocycles. The third-order valence-corrected chi connectivity index (χ3v) is 4.65. The average Bonchev–Trinajstić information content (AvgIpc) is 2.53. The maximum atomic E-state index is 6.27. The number of thiophene rings is 1. The summed E-state index contributed by atoms with van der Waals surface area (Å²) >= 11 is 5.22. The van der Waals surface area contributed by atoms with Gasteiger partial charge in [-0.25, -0.2) is 0 Å². The van der Waals surface area contributed by atoms with Crippen LogP contribution >= 0.6 is 27.3 Å². The first-order valence-electron chi connectivity index (χ1n) is 5.46. The molecule has 0 bridgehead atoms. The van der Waals surface area contributed by atoms with Gasteiger partial charge in [0.2, 0.25) is 0 Å². The molecule has 1 atom stereocenters. The molecule has 1 aliphatic rings. The Balaban J connectivity index is 2.12. The number of nitrogens with two attached hydrogens (primary N) is 1. The average molecular weight is 286 g/mol. The predicted octanol–water partition coefficient (Wildman–Crippen LogP) is 4.40. The zero-order chi connectivity index (χ0) is 10.7. The molecule has 1 unspecified atom stereocenters. The first-order valence-corrected chi connectivity index (χ1v) is 7.13. The Labute approximate surface area is 104 Å². The van der Waals surface area contributed by atoms with Gasteiger partial charge in [-0.1, -0.05) is 18.1 Å². The van der Waals surface area contributed by atoms with Crippen LogP contribution in [0.15, 0.2) is 27.6 Å². The van der Waals surface area contributed by atoms with E-state index in [1.54, 1.807) is 11.3 Å². The van der Waals surface area contributed by atoms with Gasteiger partial charge in [0, 0.05) is 14.7 Å². The zero-order valence-corrected chi connectivity index (χ0v) is 11.1. The second-order valence-electron chi connectivity index (χ2n) is 4.02. The highest BCUT2D eigenvalue weighted by molar-refractivity contribution is 9.10. The number of hydrogen-bond donors (Lipinski definition) is 1. The van der Waals surface area contributed by atoms with Crippen LogP contribution in [0.25, 0.3) is 0 Å². The van der Waals surface area contributed by atoms with Crippen molar-refractivity contribution in [1.29, 1.82) is 0 Å². The van der Waals surface area contributed by atoms with Gasteiger partial charge in [-0.15, -0.1) is 11.3 Å². The standard InChI is InChI=1S/C12H16BrNS/c13-10-7-11(15-8-10)12(14)9-5-3-1-2-4-6-9/h5,7-8,12H,1-4,6,14H2. The van der Waals surface area contributed by atoms with Crippen molar-refractivity contribution >= 4 is 27.3 Å². The molecule has 82 valence electrons. The summed E-state index contributed by atoms with van der Waals surface area (Å²) in [6, 6.07) is 2.26. The highest BCUT2D eigenvalue weighted by atomic mass is 79.9. The van der Waals surface area contributed by atoms with Gasteiger partial charge < -0.3 is 5.73 Å². The molecular formula is C12H16BrNS. The van der Waals surface area contributed by atoms with Crippen molar-refractivity contribution in [3.8, 4) is 0 Å². The van der Waals surface area contributed by atoms with Gasteiger partial charge in [-0.3, -0.25) is 0 Å². The highest BCUT2D eigenvalue weighted by Gasteiger charge is 2.14. The number of allylic oxidation sites excluding steroid dienone is 1. The fourth-order valence-electron chi connectivity index (χ4n) is 2.00. The lowest BCUT2D eigenvalue weighted by molar-refractivity contribution is 0.690. The van der Waals surface area contributed by atoms with E-state index in [0.717, 1.165) is 4.47 Å². The number of hydrogen-bond acceptors (Lipinski definition) is 2. The Morgan fingerprint density at radius 3 is 2.93 bits per heavy atom. The van der Waals surface area contributed by atoms with Gasteiger partial charge >= 0.3 is 0 Å². The van der Waals surface area contributed by atoms with Crippen LogP contribution in [0.1, 0.15) is 43.0 Å². The summed E-state index contributed by atoms with van der Waals surface area (Å²) < 4.78 is 1.15. The Kier molecular flexibility index (Phi) is 4.00. The minimum absolute atomic E-state index is 0.124. The van der Waals surface area contributed by atoms with Crippen molar-refractivity contribution in [3.63, 3.8) is 0 Å². The lowest BCUT2D eigenvalue weighted by Gasteiger charge is -2.13. The number of rotatable bonds is 2. The van der Waals surface area contributed by atoms with E-state index >= 15 is 0 Å². The van der Waals surface area contributed by atoms with Gasteiger partial charge in [-0.2, -0.15) is 0 Å². The Morgan fingerprint density at radius 1 is 1.33 bits per heavy atom. The fourth-order valence-corrected chi connectivity index (χ4v) is 3.48. The van der Waals surface area contributed by atoms with E-state index in [-0.39, 0.29) is 6.04 Å². The molecule has 0 spiro atoms. The molecule has 2 N–H and O–H groups in total. The quantitative estimate of drug-likeness (QED) is 0.801. The first-order chi connectivity index (χ1) is 7.27. The summed E-state index contributed by atoms with van der Waals surface area (Å²) in [6.07, 6.45) is 8.70. The van der Waals surface area contributed by atoms with Crippen molar-refractivity contribution in [3.05, 3.63) is 32.4 Å². The molecular weight excluding hydrogens is 270 g/mol. The number of halogens is 1. The van der Waals surface area contributed by atoms with E-state index in [4.69, 9.17) is 5.73 Å². The molecule has 0 fully saturated rings. The SMILES string of the molecule is NC(C1=CCCCCC1)c1cc(Br)cs1. The summed E-state index contributed by atoms with van der Waals surface area (Å²) in [5, 5.41) is 2.10. The third kappa shape index (κ3) is 2.92. The zero-order valence-electron chi connectivity index (χ0n) is 8.71. The van der Waals surface area contributed by atoms with E-state index < -0.39 is 0 Å². The van der Waals surface area contributed by atoms with Crippen LogP contribution < -0.4 is 5.73 Å². The summed E-state index contributed by atoms with van der Waals surface area (Å²) in [5.41, 5.74) is 7.71. The summed E-state index contributed by atoms with van der Waals surface area (Å²) in [4.78, 5) is 1.27. The first kappa shape index (κ1) is 11.4. The Morgan fingerprint density at radius 2 is 2.20 bits per heavy atom. The third-order valence-electron chi connectivity index (χ3n) is 2.87. The maximum Gasteiger partial charge on any atom is 0.0605 e. The summed E-state index contributed by atoms with van der Waals surface area (Å²) in [7, 11) is 0. The minimum atomic E-state index is 0.124. The lowest BCUT2D eigenvalue weighted by Crippen LogP contribution is -2.11. The van der Waals surface area contributed by atoms with E-state index in [0.29, 0.717) is 0 Å². The van der Waals surface area contributed by atoms with E-state index in [9.17, 15) is 0 Å². The minimum Gasteiger partial charge on any atom is -0.320 e. The van der Waals surface area contributed by atoms with Crippen LogP contribution in [0.5, 0.6) is 0 Å². The van der Waals surface area contributed by atoms with E-state index in [1.807, 2.05) is 0 Å². The smallest absolute Gasteiger partial charge is 0.0605 e. The Hall–Kier alpha value is -0.120. The molecule has 0 saturated heterocycles. The molecule has 15 heavy (non-hydrogen) atoms. The van der Waals surface area contributed by atoms with Crippen LogP contribution in [0.3, 0.4) is 0 Å². The van der Waals surface area contributed by atoms with Crippen LogP contribution in [-0.2, 0) is 0 Å². The monoisotopic (exact) mass is 285 g/mol. The van der Waals surface area contributed by atoms with E-state index in [2.05, 4.69) is 33.5 Å². The molecule has 1 aromatic rings. The van der Waals surface area contributed by atoms with Crippen molar-refractivity contribution in [2.45, 2.75) is 38.1 Å². The molecule has 0 aliphatic heterocycles. The van der Waals surface area contributed by atoms with Crippen LogP contribution in [-0.4, -0.2) is 0 Å². The van der Waals surface area contributed by atoms with Crippen molar-refractivity contribution in [2.75, 3.05) is 0 Å². The van der Waals surface area contributed by atoms with Crippen molar-refractivity contribution in [1.82, 2.24) is 0 Å². The molecule has 2 rings (SSSR count). The van der Waals surface area contributed by atoms with Crippen molar-refractivity contribution in [2.24, 2.45) is 5.73 Å². The fraction of sp³-hybridized carbons (Fsp3) is 0.500. The largest absolute Gasteiger partial charge is 0.320 e. The van der Waals surface area contributed by atoms with Crippen LogP contribution in [0, 0.1) is 0 Å². The molecule has 0 radical (unpaired) electrons. The summed E-state index contributed by atoms with van der Waals surface area (Å²) in [5.74, 6) is 0. The highest BCUT2D eigenvalue weighted by Crippen LogP contribution is 2.32. The maximum absolute atomic E-state index is 6.27. The summed E-state index contributed by atoms with van der Waals surface area (Å²) in [6.45, 7) is 0. The molecule has 0 saturated carbocycles. The Bertz CT molecular complexity index is 356. The molecule has 1 aliphatic carbocycles. The van der Waals surface area contributed by atoms with Gasteiger partial charge in [0.1, 0.15) is 0 Å². The van der Waals surface area contributed by atoms with Gasteiger partial charge in [-0.05, 0) is 47.7 Å². The second-order valence-corrected chi connectivity index (χ2v) is 5.88. The second kappa shape index (κ2) is 5.28. The molecule has 3 heteroatoms. The van der Waals surface area contributed by atoms with Gasteiger partial charge in [0.15, 0.2) is 0 Å². The molecule has 1 aromatic heterocycles. The van der Waals surface area contributed by atoms with Crippen molar-refractivity contribution < 1.29 is 0 Å². The van der Waals surface area contributed by atoms with Crippen LogP contribution in [0.2, 0.25) is 0 Å². The van der Waals surface area contributed by atoms with Crippen LogP contribution in [0.4, 0.5) is 0 Å². The van der Waals surface area contributed by atoms with E-state index in [1.165, 1.54) is 42.6 Å². The molecule has 0 amide bonds. The topological polar surface area (TPSA) is 26.0 Å². The normalized spacial score (nSPS) is 19.5. The van der Waals surface area contributed by atoms with Gasteiger partial charge in [0.05, 0.1) is 6.04 Å². The lowest BCUT2D eigenvalue weighted by atomic mass is 10.0. The molecule has 1 nitrogen and oxygen atoms in total. The predicted molar refractivity (Wildman–Crippen MR) is 70.1 cm³/mol. The van der Waals surface area contributed by atoms with Gasteiger partial charge in [0.25, 0.3) is 0 Å². The molecule has 1 heterocycles.